The first kappa shape index (κ1) is 38.7. The number of halogens is 5. The molecule has 3 N–H and O–H groups in total. The van der Waals surface area contributed by atoms with E-state index in [1.807, 2.05) is 11.8 Å². The molecule has 0 spiro atoms. The van der Waals surface area contributed by atoms with Crippen LogP contribution in [-0.4, -0.2) is 50.8 Å². The molecule has 3 amide bonds. The van der Waals surface area contributed by atoms with Gasteiger partial charge in [0.25, 0.3) is 5.91 Å². The summed E-state index contributed by atoms with van der Waals surface area (Å²) in [5.74, 6) is 1.57. The number of Topliss-reactive ketones (excluding diaryl/α,β-unsaturated/α-hetero) is 1. The van der Waals surface area contributed by atoms with Crippen molar-refractivity contribution < 1.29 is 32.3 Å². The number of aromatic nitrogens is 2. The highest BCUT2D eigenvalue weighted by Crippen LogP contribution is 2.47. The highest BCUT2D eigenvalue weighted by atomic mass is 35.5. The maximum Gasteiger partial charge on any atom is 0.416 e. The van der Waals surface area contributed by atoms with Gasteiger partial charge in [-0.1, -0.05) is 42.1 Å². The SMILES string of the molecule is O=C1C[C@H]2CSC(CCCCC(=O)NCCCCCC(=O)NNC(=O)/C=C/c3nn(Cc4ccc(Cl)cc4Cl)c4cc(C(F)(F)F)ccc34)[C@H]2C1. The number of carbonyl (C=O) groups is 4. The summed E-state index contributed by atoms with van der Waals surface area (Å²) >= 11 is 14.3. The van der Waals surface area contributed by atoms with Gasteiger partial charge < -0.3 is 5.32 Å². The summed E-state index contributed by atoms with van der Waals surface area (Å²) < 4.78 is 41.8. The number of benzene rings is 2. The van der Waals surface area contributed by atoms with Crippen molar-refractivity contribution in [2.24, 2.45) is 11.8 Å². The lowest BCUT2D eigenvalue weighted by Crippen LogP contribution is -2.40. The number of fused-ring (bicyclic) bond motifs is 2. The number of hydrogen-bond acceptors (Lipinski definition) is 6. The summed E-state index contributed by atoms with van der Waals surface area (Å²) in [6, 6.07) is 8.03. The van der Waals surface area contributed by atoms with Crippen molar-refractivity contribution in [1.82, 2.24) is 25.9 Å². The quantitative estimate of drug-likeness (QED) is 0.0837. The van der Waals surface area contributed by atoms with Gasteiger partial charge >= 0.3 is 6.18 Å². The molecule has 1 saturated carbocycles. The van der Waals surface area contributed by atoms with Crippen LogP contribution in [0.5, 0.6) is 0 Å². The van der Waals surface area contributed by atoms with E-state index in [9.17, 15) is 32.3 Å². The standard InChI is InChI=1S/C36H40Cl2F3N5O4S/c37-25-11-9-22(29(38)18-25)20-46-31-17-24(36(39,40)41)10-12-27(31)30(45-46)13-14-35(50)44-43-34(49)8-2-1-5-15-42-33(48)7-4-3-6-32-28-19-26(47)16-23(28)21-51-32/h9-14,17-18,23,28,32H,1-8,15-16,19-21H2,(H,42,48)(H,43,49)(H,44,50)/b14-13+/t23-,28-,32?/m0/s1. The summed E-state index contributed by atoms with van der Waals surface area (Å²) in [5, 5.41) is 9.03. The second kappa shape index (κ2) is 17.8. The predicted octanol–water partition coefficient (Wildman–Crippen LogP) is 7.52. The molecule has 3 atom stereocenters. The zero-order chi connectivity index (χ0) is 36.5. The third kappa shape index (κ3) is 11.0. The van der Waals surface area contributed by atoms with Crippen LogP contribution >= 0.6 is 35.0 Å². The monoisotopic (exact) mass is 765 g/mol. The normalized spacial score (nSPS) is 18.8. The van der Waals surface area contributed by atoms with Crippen molar-refractivity contribution in [2.45, 2.75) is 82.2 Å². The molecular weight excluding hydrogens is 726 g/mol. The average Bonchev–Trinajstić information content (AvgIpc) is 3.75. The van der Waals surface area contributed by atoms with E-state index in [-0.39, 0.29) is 36.0 Å². The molecule has 1 aliphatic heterocycles. The Bertz CT molecular complexity index is 1780. The van der Waals surface area contributed by atoms with E-state index < -0.39 is 17.6 Å². The van der Waals surface area contributed by atoms with Gasteiger partial charge in [0.05, 0.1) is 23.3 Å². The van der Waals surface area contributed by atoms with E-state index in [0.29, 0.717) is 63.3 Å². The predicted molar refractivity (Wildman–Crippen MR) is 193 cm³/mol. The topological polar surface area (TPSA) is 122 Å². The van der Waals surface area contributed by atoms with Crippen molar-refractivity contribution in [2.75, 3.05) is 12.3 Å². The molecule has 274 valence electrons. The van der Waals surface area contributed by atoms with Crippen LogP contribution in [0.4, 0.5) is 13.2 Å². The van der Waals surface area contributed by atoms with E-state index in [4.69, 9.17) is 23.2 Å². The minimum absolute atomic E-state index is 0.0216. The third-order valence-electron chi connectivity index (χ3n) is 9.27. The molecule has 1 unspecified atom stereocenters. The molecule has 0 bridgehead atoms. The van der Waals surface area contributed by atoms with Crippen molar-refractivity contribution >= 4 is 75.4 Å². The Hall–Kier alpha value is -3.55. The maximum absolute atomic E-state index is 13.5. The third-order valence-corrected chi connectivity index (χ3v) is 11.5. The number of carbonyl (C=O) groups excluding carboxylic acids is 4. The van der Waals surface area contributed by atoms with Crippen molar-refractivity contribution in [3.63, 3.8) is 0 Å². The summed E-state index contributed by atoms with van der Waals surface area (Å²) in [7, 11) is 0. The molecule has 2 aliphatic rings. The minimum atomic E-state index is -4.57. The van der Waals surface area contributed by atoms with Crippen LogP contribution in [0.2, 0.25) is 10.0 Å². The Kier molecular flexibility index (Phi) is 13.5. The van der Waals surface area contributed by atoms with Crippen LogP contribution in [0.1, 0.15) is 81.0 Å². The molecule has 1 saturated heterocycles. The lowest BCUT2D eigenvalue weighted by Gasteiger charge is -2.16. The number of rotatable bonds is 15. The van der Waals surface area contributed by atoms with Gasteiger partial charge in [-0.2, -0.15) is 30.0 Å². The number of hydrazine groups is 1. The van der Waals surface area contributed by atoms with Gasteiger partial charge in [0.2, 0.25) is 11.8 Å². The smallest absolute Gasteiger partial charge is 0.356 e. The van der Waals surface area contributed by atoms with Crippen molar-refractivity contribution in [1.29, 1.82) is 0 Å². The molecule has 0 radical (unpaired) electrons. The fraction of sp³-hybridized carbons (Fsp3) is 0.472. The molecule has 51 heavy (non-hydrogen) atoms. The van der Waals surface area contributed by atoms with Gasteiger partial charge in [-0.05, 0) is 85.2 Å². The van der Waals surface area contributed by atoms with E-state index in [1.165, 1.54) is 22.9 Å². The number of thioether (sulfide) groups is 1. The van der Waals surface area contributed by atoms with Gasteiger partial charge in [0.15, 0.2) is 0 Å². The van der Waals surface area contributed by atoms with Gasteiger partial charge in [0.1, 0.15) is 5.78 Å². The number of amides is 3. The number of unbranched alkanes of at least 4 members (excludes halogenated alkanes) is 3. The van der Waals surface area contributed by atoms with Gasteiger partial charge in [-0.25, -0.2) is 0 Å². The Balaban J connectivity index is 0.992. The van der Waals surface area contributed by atoms with Crippen LogP contribution in [0, 0.1) is 11.8 Å². The molecule has 15 heteroatoms. The molecule has 2 aromatic carbocycles. The molecule has 2 heterocycles. The first-order valence-electron chi connectivity index (χ1n) is 17.1. The molecular formula is C36H40Cl2F3N5O4S. The minimum Gasteiger partial charge on any atom is -0.356 e. The zero-order valence-electron chi connectivity index (χ0n) is 27.9. The fourth-order valence-electron chi connectivity index (χ4n) is 6.60. The first-order chi connectivity index (χ1) is 24.4. The van der Waals surface area contributed by atoms with Gasteiger partial charge in [-0.3, -0.25) is 34.7 Å². The number of alkyl halides is 3. The van der Waals surface area contributed by atoms with Crippen molar-refractivity contribution in [3.8, 4) is 0 Å². The highest BCUT2D eigenvalue weighted by molar-refractivity contribution is 8.00. The van der Waals surface area contributed by atoms with Crippen LogP contribution in [0.15, 0.2) is 42.5 Å². The Labute approximate surface area is 308 Å². The first-order valence-corrected chi connectivity index (χ1v) is 18.9. The lowest BCUT2D eigenvalue weighted by atomic mass is 9.92. The maximum atomic E-state index is 13.5. The summed E-state index contributed by atoms with van der Waals surface area (Å²) in [6.45, 7) is 0.586. The zero-order valence-corrected chi connectivity index (χ0v) is 30.2. The van der Waals surface area contributed by atoms with E-state index >= 15 is 0 Å². The van der Waals surface area contributed by atoms with Crippen LogP contribution in [0.25, 0.3) is 17.0 Å². The Morgan fingerprint density at radius 3 is 2.53 bits per heavy atom. The average molecular weight is 767 g/mol. The second-order valence-electron chi connectivity index (χ2n) is 13.0. The number of hydrogen-bond donors (Lipinski definition) is 3. The second-order valence-corrected chi connectivity index (χ2v) is 15.1. The van der Waals surface area contributed by atoms with Gasteiger partial charge in [0, 0.05) is 59.0 Å². The van der Waals surface area contributed by atoms with E-state index in [2.05, 4.69) is 21.3 Å². The van der Waals surface area contributed by atoms with E-state index in [0.717, 1.165) is 68.9 Å². The molecule has 9 nitrogen and oxygen atoms in total. The Morgan fingerprint density at radius 1 is 0.961 bits per heavy atom. The number of nitrogens with one attached hydrogen (secondary N) is 3. The lowest BCUT2D eigenvalue weighted by molar-refractivity contribution is -0.137. The molecule has 1 aliphatic carbocycles. The number of ketones is 1. The molecule has 2 fully saturated rings. The highest BCUT2D eigenvalue weighted by Gasteiger charge is 2.42. The van der Waals surface area contributed by atoms with Gasteiger partial charge in [-0.15, -0.1) is 0 Å². The largest absolute Gasteiger partial charge is 0.416 e. The summed E-state index contributed by atoms with van der Waals surface area (Å²) in [6.07, 6.45) is 4.93. The van der Waals surface area contributed by atoms with Crippen LogP contribution < -0.4 is 16.2 Å². The summed E-state index contributed by atoms with van der Waals surface area (Å²) in [4.78, 5) is 48.6. The molecule has 5 rings (SSSR count). The fourth-order valence-corrected chi connectivity index (χ4v) is 8.82. The van der Waals surface area contributed by atoms with Crippen molar-refractivity contribution in [3.05, 3.63) is 69.3 Å². The number of nitrogens with zero attached hydrogens (tertiary/aromatic N) is 2. The molecule has 1 aromatic heterocycles. The van der Waals surface area contributed by atoms with E-state index in [1.54, 1.807) is 12.1 Å². The van der Waals surface area contributed by atoms with Crippen LogP contribution in [-0.2, 0) is 31.9 Å². The summed E-state index contributed by atoms with van der Waals surface area (Å²) in [5.41, 5.74) is 4.84. The molecule has 3 aromatic rings. The Morgan fingerprint density at radius 2 is 1.75 bits per heavy atom. The van der Waals surface area contributed by atoms with Crippen LogP contribution in [0.3, 0.4) is 0 Å².